The van der Waals surface area contributed by atoms with Gasteiger partial charge in [-0.05, 0) is 12.8 Å². The first-order valence-electron chi connectivity index (χ1n) is 7.11. The third-order valence-corrected chi connectivity index (χ3v) is 3.70. The lowest BCUT2D eigenvalue weighted by molar-refractivity contribution is 0.714. The summed E-state index contributed by atoms with van der Waals surface area (Å²) in [6.45, 7) is 6.16. The first kappa shape index (κ1) is 12.9. The van der Waals surface area contributed by atoms with Crippen LogP contribution in [0.3, 0.4) is 0 Å². The van der Waals surface area contributed by atoms with E-state index in [0.717, 1.165) is 25.9 Å². The van der Waals surface area contributed by atoms with Gasteiger partial charge in [-0.3, -0.25) is 9.78 Å². The van der Waals surface area contributed by atoms with Crippen molar-refractivity contribution in [2.75, 3.05) is 18.0 Å². The molecule has 0 radical (unpaired) electrons. The molecule has 0 atom stereocenters. The van der Waals surface area contributed by atoms with Crippen LogP contribution in [0.2, 0.25) is 0 Å². The molecule has 2 aromatic heterocycles. The maximum Gasteiger partial charge on any atom is 0.263 e. The van der Waals surface area contributed by atoms with Crippen LogP contribution in [-0.4, -0.2) is 32.8 Å². The van der Waals surface area contributed by atoms with Crippen LogP contribution in [0.25, 0.3) is 11.0 Å². The Kier molecular flexibility index (Phi) is 3.54. The van der Waals surface area contributed by atoms with Crippen molar-refractivity contribution in [3.05, 3.63) is 29.2 Å². The molecule has 0 aromatic carbocycles. The van der Waals surface area contributed by atoms with Gasteiger partial charge in [0.05, 0.1) is 12.7 Å². The highest BCUT2D eigenvalue weighted by Gasteiger charge is 2.15. The first-order valence-corrected chi connectivity index (χ1v) is 7.11. The number of fused-ring (bicyclic) bond motifs is 1. The minimum Gasteiger partial charge on any atom is -0.342 e. The van der Waals surface area contributed by atoms with Crippen molar-refractivity contribution in [2.24, 2.45) is 0 Å². The molecule has 3 rings (SSSR count). The number of aromatic amines is 1. The van der Waals surface area contributed by atoms with E-state index in [1.165, 1.54) is 12.8 Å². The highest BCUT2D eigenvalue weighted by molar-refractivity contribution is 5.74. The maximum absolute atomic E-state index is 12.1. The number of hydrogen-bond donors (Lipinski definition) is 1. The SMILES string of the molecule is C=CCn1ncc2c(=O)[nH]c(N3CCCCCC3)nc21. The summed E-state index contributed by atoms with van der Waals surface area (Å²) < 4.78 is 1.71. The zero-order chi connectivity index (χ0) is 13.9. The highest BCUT2D eigenvalue weighted by Crippen LogP contribution is 2.16. The van der Waals surface area contributed by atoms with Crippen molar-refractivity contribution in [1.29, 1.82) is 0 Å². The Morgan fingerprint density at radius 1 is 1.30 bits per heavy atom. The van der Waals surface area contributed by atoms with Crippen LogP contribution < -0.4 is 10.5 Å². The largest absolute Gasteiger partial charge is 0.342 e. The smallest absolute Gasteiger partial charge is 0.263 e. The van der Waals surface area contributed by atoms with Gasteiger partial charge in [0.2, 0.25) is 5.95 Å². The van der Waals surface area contributed by atoms with Crippen LogP contribution in [0.5, 0.6) is 0 Å². The molecule has 1 N–H and O–H groups in total. The Morgan fingerprint density at radius 3 is 2.75 bits per heavy atom. The number of hydrogen-bond acceptors (Lipinski definition) is 4. The topological polar surface area (TPSA) is 66.8 Å². The van der Waals surface area contributed by atoms with Gasteiger partial charge in [0, 0.05) is 13.1 Å². The molecular formula is C14H19N5O. The quantitative estimate of drug-likeness (QED) is 0.864. The normalized spacial score (nSPS) is 16.3. The molecular weight excluding hydrogens is 254 g/mol. The van der Waals surface area contributed by atoms with Gasteiger partial charge in [-0.25, -0.2) is 4.68 Å². The molecule has 20 heavy (non-hydrogen) atoms. The van der Waals surface area contributed by atoms with Gasteiger partial charge in [-0.1, -0.05) is 18.9 Å². The van der Waals surface area contributed by atoms with Gasteiger partial charge in [0.15, 0.2) is 5.65 Å². The van der Waals surface area contributed by atoms with E-state index in [0.29, 0.717) is 23.5 Å². The lowest BCUT2D eigenvalue weighted by atomic mass is 10.2. The monoisotopic (exact) mass is 273 g/mol. The van der Waals surface area contributed by atoms with Gasteiger partial charge in [0.1, 0.15) is 5.39 Å². The van der Waals surface area contributed by atoms with Gasteiger partial charge in [-0.2, -0.15) is 10.1 Å². The summed E-state index contributed by atoms with van der Waals surface area (Å²) in [6.07, 6.45) is 8.11. The molecule has 2 aromatic rings. The van der Waals surface area contributed by atoms with Crippen molar-refractivity contribution in [3.63, 3.8) is 0 Å². The van der Waals surface area contributed by atoms with E-state index in [2.05, 4.69) is 26.5 Å². The first-order chi connectivity index (χ1) is 9.79. The second-order valence-electron chi connectivity index (χ2n) is 5.14. The molecule has 6 heteroatoms. The van der Waals surface area contributed by atoms with Crippen molar-refractivity contribution in [3.8, 4) is 0 Å². The molecule has 1 fully saturated rings. The van der Waals surface area contributed by atoms with Crippen LogP contribution in [0, 0.1) is 0 Å². The van der Waals surface area contributed by atoms with Crippen LogP contribution in [-0.2, 0) is 6.54 Å². The molecule has 0 unspecified atom stereocenters. The number of nitrogens with one attached hydrogen (secondary N) is 1. The van der Waals surface area contributed by atoms with E-state index in [1.54, 1.807) is 17.0 Å². The average molecular weight is 273 g/mol. The molecule has 0 bridgehead atoms. The Bertz CT molecular complexity index is 664. The highest BCUT2D eigenvalue weighted by atomic mass is 16.1. The van der Waals surface area contributed by atoms with E-state index in [1.807, 2.05) is 0 Å². The molecule has 1 aliphatic heterocycles. The molecule has 3 heterocycles. The summed E-state index contributed by atoms with van der Waals surface area (Å²) in [5.74, 6) is 0.662. The second-order valence-corrected chi connectivity index (χ2v) is 5.14. The Labute approximate surface area is 117 Å². The summed E-state index contributed by atoms with van der Waals surface area (Å²) in [5, 5.41) is 4.73. The van der Waals surface area contributed by atoms with Gasteiger partial charge in [0.25, 0.3) is 5.56 Å². The predicted molar refractivity (Wildman–Crippen MR) is 79.0 cm³/mol. The van der Waals surface area contributed by atoms with Crippen molar-refractivity contribution < 1.29 is 0 Å². The number of anilines is 1. The van der Waals surface area contributed by atoms with Crippen molar-refractivity contribution in [2.45, 2.75) is 32.2 Å². The van der Waals surface area contributed by atoms with Crippen LogP contribution >= 0.6 is 0 Å². The molecule has 0 aliphatic carbocycles. The van der Waals surface area contributed by atoms with E-state index < -0.39 is 0 Å². The number of rotatable bonds is 3. The lowest BCUT2D eigenvalue weighted by Crippen LogP contribution is -2.28. The summed E-state index contributed by atoms with van der Waals surface area (Å²) in [4.78, 5) is 21.8. The minimum atomic E-state index is -0.121. The Balaban J connectivity index is 2.04. The van der Waals surface area contributed by atoms with E-state index >= 15 is 0 Å². The Morgan fingerprint density at radius 2 is 2.05 bits per heavy atom. The number of allylic oxidation sites excluding steroid dienone is 1. The summed E-state index contributed by atoms with van der Waals surface area (Å²) >= 11 is 0. The number of aromatic nitrogens is 4. The molecule has 0 spiro atoms. The number of H-pyrrole nitrogens is 1. The molecule has 1 aliphatic rings. The van der Waals surface area contributed by atoms with E-state index in [9.17, 15) is 4.79 Å². The van der Waals surface area contributed by atoms with Crippen molar-refractivity contribution in [1.82, 2.24) is 19.7 Å². The molecule has 1 saturated heterocycles. The number of nitrogens with zero attached hydrogens (tertiary/aromatic N) is 4. The fraction of sp³-hybridized carbons (Fsp3) is 0.500. The van der Waals surface area contributed by atoms with Crippen LogP contribution in [0.1, 0.15) is 25.7 Å². The molecule has 0 amide bonds. The fourth-order valence-corrected chi connectivity index (χ4v) is 2.64. The summed E-state index contributed by atoms with van der Waals surface area (Å²) in [6, 6.07) is 0. The second kappa shape index (κ2) is 5.48. The van der Waals surface area contributed by atoms with Crippen LogP contribution in [0.15, 0.2) is 23.6 Å². The third-order valence-electron chi connectivity index (χ3n) is 3.70. The van der Waals surface area contributed by atoms with Crippen molar-refractivity contribution >= 4 is 17.0 Å². The van der Waals surface area contributed by atoms with Gasteiger partial charge >= 0.3 is 0 Å². The zero-order valence-electron chi connectivity index (χ0n) is 11.5. The lowest BCUT2D eigenvalue weighted by Gasteiger charge is -2.20. The van der Waals surface area contributed by atoms with E-state index in [4.69, 9.17) is 0 Å². The standard InChI is InChI=1S/C14H19N5O/c1-2-7-19-12-11(10-15-19)13(20)17-14(16-12)18-8-5-3-4-6-9-18/h2,10H,1,3-9H2,(H,16,17,20). The maximum atomic E-state index is 12.1. The summed E-state index contributed by atoms with van der Waals surface area (Å²) in [7, 11) is 0. The van der Waals surface area contributed by atoms with Gasteiger partial charge < -0.3 is 4.90 Å². The average Bonchev–Trinajstić information content (AvgIpc) is 2.69. The fourth-order valence-electron chi connectivity index (χ4n) is 2.64. The third kappa shape index (κ3) is 2.33. The zero-order valence-corrected chi connectivity index (χ0v) is 11.5. The summed E-state index contributed by atoms with van der Waals surface area (Å²) in [5.41, 5.74) is 0.512. The minimum absolute atomic E-state index is 0.121. The van der Waals surface area contributed by atoms with Gasteiger partial charge in [-0.15, -0.1) is 6.58 Å². The van der Waals surface area contributed by atoms with Crippen LogP contribution in [0.4, 0.5) is 5.95 Å². The molecule has 6 nitrogen and oxygen atoms in total. The predicted octanol–water partition coefficient (Wildman–Crippen LogP) is 1.69. The Hall–Kier alpha value is -2.11. The molecule has 0 saturated carbocycles. The van der Waals surface area contributed by atoms with E-state index in [-0.39, 0.29) is 5.56 Å². The molecule has 106 valence electrons.